The van der Waals surface area contributed by atoms with Crippen molar-refractivity contribution in [3.05, 3.63) is 64.5 Å². The molecule has 1 heterocycles. The van der Waals surface area contributed by atoms with E-state index in [0.29, 0.717) is 23.1 Å². The topological polar surface area (TPSA) is 71.9 Å². The average Bonchev–Trinajstić information content (AvgIpc) is 3.02. The minimum absolute atomic E-state index is 0.107. The van der Waals surface area contributed by atoms with Gasteiger partial charge >= 0.3 is 0 Å². The van der Waals surface area contributed by atoms with E-state index in [9.17, 15) is 0 Å². The van der Waals surface area contributed by atoms with Crippen molar-refractivity contribution in [3.63, 3.8) is 0 Å². The number of benzene rings is 2. The fraction of sp³-hybridized carbons (Fsp3) is 0.0625. The summed E-state index contributed by atoms with van der Waals surface area (Å²) in [5, 5.41) is 17.0. The van der Waals surface area contributed by atoms with Gasteiger partial charge < -0.3 is 9.15 Å². The Hall–Kier alpha value is -2.65. The van der Waals surface area contributed by atoms with Crippen LogP contribution < -0.4 is 4.74 Å². The van der Waals surface area contributed by atoms with Crippen molar-refractivity contribution in [2.24, 2.45) is 0 Å². The first-order chi connectivity index (χ1) is 10.8. The van der Waals surface area contributed by atoms with Crippen LogP contribution >= 0.6 is 15.9 Å². The second-order valence-corrected chi connectivity index (χ2v) is 5.23. The monoisotopic (exact) mass is 355 g/mol. The van der Waals surface area contributed by atoms with Gasteiger partial charge in [-0.2, -0.15) is 5.26 Å². The lowest BCUT2D eigenvalue weighted by atomic mass is 10.2. The molecular formula is C16H10BrN3O2. The van der Waals surface area contributed by atoms with Crippen LogP contribution in [0.4, 0.5) is 0 Å². The van der Waals surface area contributed by atoms with Gasteiger partial charge in [0, 0.05) is 4.47 Å². The molecule has 3 rings (SSSR count). The fourth-order valence-corrected chi connectivity index (χ4v) is 2.33. The molecule has 1 aromatic heterocycles. The highest BCUT2D eigenvalue weighted by molar-refractivity contribution is 9.10. The standard InChI is InChI=1S/C16H10BrN3O2/c17-13-7-3-2-6-12(13)16-20-19-15(22-16)10-21-14-8-4-1-5-11(14)9-18/h1-8H,10H2. The molecule has 0 aliphatic heterocycles. The predicted molar refractivity (Wildman–Crippen MR) is 82.9 cm³/mol. The Labute approximate surface area is 135 Å². The van der Waals surface area contributed by atoms with Gasteiger partial charge in [-0.25, -0.2) is 0 Å². The number of ether oxygens (including phenoxy) is 1. The number of para-hydroxylation sites is 1. The molecule has 22 heavy (non-hydrogen) atoms. The summed E-state index contributed by atoms with van der Waals surface area (Å²) in [5.74, 6) is 1.25. The van der Waals surface area contributed by atoms with E-state index in [-0.39, 0.29) is 6.61 Å². The highest BCUT2D eigenvalue weighted by Crippen LogP contribution is 2.27. The quantitative estimate of drug-likeness (QED) is 0.708. The number of nitriles is 1. The molecule has 6 heteroatoms. The largest absolute Gasteiger partial charge is 0.482 e. The molecule has 0 spiro atoms. The molecule has 0 saturated carbocycles. The van der Waals surface area contributed by atoms with Crippen molar-refractivity contribution in [2.75, 3.05) is 0 Å². The Morgan fingerprint density at radius 3 is 2.68 bits per heavy atom. The number of nitrogens with zero attached hydrogens (tertiary/aromatic N) is 3. The number of hydrogen-bond acceptors (Lipinski definition) is 5. The van der Waals surface area contributed by atoms with Crippen molar-refractivity contribution < 1.29 is 9.15 Å². The summed E-state index contributed by atoms with van der Waals surface area (Å²) in [6.45, 7) is 0.107. The zero-order valence-electron chi connectivity index (χ0n) is 11.4. The van der Waals surface area contributed by atoms with Gasteiger partial charge in [0.2, 0.25) is 5.89 Å². The molecule has 0 fully saturated rings. The molecule has 0 amide bonds. The smallest absolute Gasteiger partial charge is 0.254 e. The van der Waals surface area contributed by atoms with Gasteiger partial charge in [0.25, 0.3) is 5.89 Å². The SMILES string of the molecule is N#Cc1ccccc1OCc1nnc(-c2ccccc2Br)o1. The molecule has 0 aliphatic rings. The highest BCUT2D eigenvalue weighted by atomic mass is 79.9. The number of hydrogen-bond donors (Lipinski definition) is 0. The van der Waals surface area contributed by atoms with E-state index in [2.05, 4.69) is 32.2 Å². The summed E-state index contributed by atoms with van der Waals surface area (Å²) in [6, 6.07) is 16.7. The number of rotatable bonds is 4. The van der Waals surface area contributed by atoms with Crippen LogP contribution in [0.2, 0.25) is 0 Å². The molecule has 0 radical (unpaired) electrons. The first kappa shape index (κ1) is 14.3. The lowest BCUT2D eigenvalue weighted by Crippen LogP contribution is -1.97. The Morgan fingerprint density at radius 1 is 1.09 bits per heavy atom. The van der Waals surface area contributed by atoms with Gasteiger partial charge in [-0.05, 0) is 40.2 Å². The second-order valence-electron chi connectivity index (χ2n) is 4.38. The summed E-state index contributed by atoms with van der Waals surface area (Å²) in [7, 11) is 0. The van der Waals surface area contributed by atoms with E-state index < -0.39 is 0 Å². The van der Waals surface area contributed by atoms with E-state index in [1.807, 2.05) is 24.3 Å². The van der Waals surface area contributed by atoms with Crippen LogP contribution in [-0.4, -0.2) is 10.2 Å². The summed E-state index contributed by atoms with van der Waals surface area (Å²) in [6.07, 6.45) is 0. The molecule has 0 unspecified atom stereocenters. The van der Waals surface area contributed by atoms with Crippen LogP contribution in [0.1, 0.15) is 11.5 Å². The maximum absolute atomic E-state index is 9.01. The molecular weight excluding hydrogens is 346 g/mol. The summed E-state index contributed by atoms with van der Waals surface area (Å²) in [4.78, 5) is 0. The van der Waals surface area contributed by atoms with Crippen LogP contribution in [0.25, 0.3) is 11.5 Å². The van der Waals surface area contributed by atoms with Gasteiger partial charge in [-0.3, -0.25) is 0 Å². The van der Waals surface area contributed by atoms with Gasteiger partial charge in [-0.15, -0.1) is 10.2 Å². The number of aromatic nitrogens is 2. The molecule has 0 saturated heterocycles. The second kappa shape index (κ2) is 6.41. The summed E-state index contributed by atoms with van der Waals surface area (Å²) in [5.41, 5.74) is 1.28. The van der Waals surface area contributed by atoms with E-state index in [0.717, 1.165) is 10.0 Å². The van der Waals surface area contributed by atoms with Crippen molar-refractivity contribution >= 4 is 15.9 Å². The third-order valence-electron chi connectivity index (χ3n) is 2.93. The normalized spacial score (nSPS) is 10.2. The molecule has 0 atom stereocenters. The Kier molecular flexibility index (Phi) is 4.17. The third kappa shape index (κ3) is 3.00. The van der Waals surface area contributed by atoms with Crippen LogP contribution in [0.15, 0.2) is 57.4 Å². The van der Waals surface area contributed by atoms with E-state index in [1.54, 1.807) is 24.3 Å². The Bertz CT molecular complexity index is 839. The van der Waals surface area contributed by atoms with Crippen molar-refractivity contribution in [1.29, 1.82) is 5.26 Å². The molecule has 2 aromatic carbocycles. The Morgan fingerprint density at radius 2 is 1.86 bits per heavy atom. The summed E-state index contributed by atoms with van der Waals surface area (Å²) >= 11 is 3.44. The molecule has 0 aliphatic carbocycles. The van der Waals surface area contributed by atoms with Crippen LogP contribution in [0, 0.1) is 11.3 Å². The highest BCUT2D eigenvalue weighted by Gasteiger charge is 2.12. The third-order valence-corrected chi connectivity index (χ3v) is 3.62. The average molecular weight is 356 g/mol. The Balaban J connectivity index is 1.76. The van der Waals surface area contributed by atoms with Crippen LogP contribution in [0.5, 0.6) is 5.75 Å². The van der Waals surface area contributed by atoms with Crippen molar-refractivity contribution in [3.8, 4) is 23.3 Å². The fourth-order valence-electron chi connectivity index (χ4n) is 1.88. The van der Waals surface area contributed by atoms with E-state index >= 15 is 0 Å². The van der Waals surface area contributed by atoms with Crippen LogP contribution in [-0.2, 0) is 6.61 Å². The maximum Gasteiger partial charge on any atom is 0.254 e. The molecule has 3 aromatic rings. The van der Waals surface area contributed by atoms with Gasteiger partial charge in [-0.1, -0.05) is 24.3 Å². The molecule has 5 nitrogen and oxygen atoms in total. The minimum atomic E-state index is 0.107. The molecule has 108 valence electrons. The minimum Gasteiger partial charge on any atom is -0.482 e. The maximum atomic E-state index is 9.01. The predicted octanol–water partition coefficient (Wildman–Crippen LogP) is 3.95. The number of halogens is 1. The summed E-state index contributed by atoms with van der Waals surface area (Å²) < 4.78 is 12.0. The first-order valence-corrected chi connectivity index (χ1v) is 7.26. The molecule has 0 bridgehead atoms. The zero-order chi connectivity index (χ0) is 15.4. The zero-order valence-corrected chi connectivity index (χ0v) is 12.9. The van der Waals surface area contributed by atoms with Gasteiger partial charge in [0.1, 0.15) is 11.8 Å². The van der Waals surface area contributed by atoms with Gasteiger partial charge in [0.05, 0.1) is 11.1 Å². The lowest BCUT2D eigenvalue weighted by molar-refractivity contribution is 0.264. The van der Waals surface area contributed by atoms with E-state index in [1.165, 1.54) is 0 Å². The lowest BCUT2D eigenvalue weighted by Gasteiger charge is -2.04. The van der Waals surface area contributed by atoms with Gasteiger partial charge in [0.15, 0.2) is 6.61 Å². The van der Waals surface area contributed by atoms with Crippen LogP contribution in [0.3, 0.4) is 0 Å². The van der Waals surface area contributed by atoms with Crippen molar-refractivity contribution in [1.82, 2.24) is 10.2 Å². The molecule has 0 N–H and O–H groups in total. The first-order valence-electron chi connectivity index (χ1n) is 6.47. The van der Waals surface area contributed by atoms with E-state index in [4.69, 9.17) is 14.4 Å². The van der Waals surface area contributed by atoms with Crippen molar-refractivity contribution in [2.45, 2.75) is 6.61 Å².